The van der Waals surface area contributed by atoms with Crippen molar-refractivity contribution in [1.29, 1.82) is 0 Å². The highest BCUT2D eigenvalue weighted by molar-refractivity contribution is 5.93. The van der Waals surface area contributed by atoms with Crippen LogP contribution in [0.3, 0.4) is 0 Å². The molecule has 1 aromatic carbocycles. The van der Waals surface area contributed by atoms with Crippen LogP contribution in [0.1, 0.15) is 37.2 Å². The number of fused-ring (bicyclic) bond motifs is 4. The molecule has 190 valence electrons. The predicted molar refractivity (Wildman–Crippen MR) is 139 cm³/mol. The van der Waals surface area contributed by atoms with Gasteiger partial charge in [-0.2, -0.15) is 10.2 Å². The predicted octanol–water partition coefficient (Wildman–Crippen LogP) is 3.32. The molecule has 4 heterocycles. The lowest BCUT2D eigenvalue weighted by molar-refractivity contribution is 0.129. The number of hydrogen-bond acceptors (Lipinski definition) is 7. The first-order valence-electron chi connectivity index (χ1n) is 12.4. The van der Waals surface area contributed by atoms with Gasteiger partial charge in [0.05, 0.1) is 54.0 Å². The summed E-state index contributed by atoms with van der Waals surface area (Å²) in [7, 11) is 3.98. The van der Waals surface area contributed by atoms with Crippen molar-refractivity contribution < 1.29 is 14.6 Å². The first-order valence-corrected chi connectivity index (χ1v) is 12.4. The van der Waals surface area contributed by atoms with E-state index in [1.165, 1.54) is 0 Å². The molecule has 0 spiro atoms. The number of ether oxygens (including phenoxy) is 2. The highest BCUT2D eigenvalue weighted by Crippen LogP contribution is 2.34. The van der Waals surface area contributed by atoms with Crippen molar-refractivity contribution in [2.24, 2.45) is 7.05 Å². The number of aromatic nitrogens is 6. The Kier molecular flexibility index (Phi) is 6.80. The number of hydrogen-bond donors (Lipinski definition) is 2. The molecule has 36 heavy (non-hydrogen) atoms. The first-order chi connectivity index (χ1) is 17.5. The lowest BCUT2D eigenvalue weighted by Crippen LogP contribution is -2.33. The van der Waals surface area contributed by atoms with E-state index in [4.69, 9.17) is 9.47 Å². The third-order valence-corrected chi connectivity index (χ3v) is 6.52. The van der Waals surface area contributed by atoms with E-state index < -0.39 is 0 Å². The fourth-order valence-electron chi connectivity index (χ4n) is 4.67. The third kappa shape index (κ3) is 4.49. The van der Waals surface area contributed by atoms with Crippen LogP contribution in [-0.4, -0.2) is 72.7 Å². The van der Waals surface area contributed by atoms with Gasteiger partial charge in [0.2, 0.25) is 11.8 Å². The fraction of sp³-hybridized carbons (Fsp3) is 0.423. The molecule has 3 aromatic heterocycles. The second-order valence-electron chi connectivity index (χ2n) is 9.08. The molecule has 0 fully saturated rings. The first kappa shape index (κ1) is 24.1. The van der Waals surface area contributed by atoms with Crippen molar-refractivity contribution in [3.05, 3.63) is 41.3 Å². The van der Waals surface area contributed by atoms with Gasteiger partial charge in [0, 0.05) is 25.5 Å². The van der Waals surface area contributed by atoms with Gasteiger partial charge < -0.3 is 14.6 Å². The highest BCUT2D eigenvalue weighted by Gasteiger charge is 2.23. The van der Waals surface area contributed by atoms with Gasteiger partial charge in [0.25, 0.3) is 0 Å². The molecular formula is C26H33N7O3. The third-order valence-electron chi connectivity index (χ3n) is 6.52. The number of benzene rings is 1. The van der Waals surface area contributed by atoms with E-state index >= 15 is 0 Å². The fourth-order valence-corrected chi connectivity index (χ4v) is 4.67. The number of aliphatic hydroxyl groups excluding tert-OH is 1. The van der Waals surface area contributed by atoms with Crippen LogP contribution < -0.4 is 9.47 Å². The molecule has 0 saturated carbocycles. The summed E-state index contributed by atoms with van der Waals surface area (Å²) in [5, 5.41) is 27.5. The lowest BCUT2D eigenvalue weighted by Gasteiger charge is -2.25. The molecule has 0 saturated heterocycles. The number of rotatable bonds is 5. The van der Waals surface area contributed by atoms with Gasteiger partial charge in [-0.1, -0.05) is 13.0 Å². The molecule has 5 rings (SSSR count). The molecule has 2 bridgehead atoms. The molecule has 0 unspecified atom stereocenters. The molecule has 4 aromatic rings. The van der Waals surface area contributed by atoms with E-state index in [0.717, 1.165) is 51.3 Å². The van der Waals surface area contributed by atoms with Gasteiger partial charge in [-0.15, -0.1) is 5.10 Å². The van der Waals surface area contributed by atoms with Crippen LogP contribution >= 0.6 is 0 Å². The van der Waals surface area contributed by atoms with Crippen molar-refractivity contribution in [2.75, 3.05) is 26.8 Å². The number of likely N-dealkylation sites (N-methyl/N-ethyl adjacent to an activating group) is 1. The minimum Gasteiger partial charge on any atom is -0.476 e. The monoisotopic (exact) mass is 491 g/mol. The Bertz CT molecular complexity index is 1380. The molecule has 1 atom stereocenters. The van der Waals surface area contributed by atoms with Crippen molar-refractivity contribution in [1.82, 2.24) is 34.7 Å². The van der Waals surface area contributed by atoms with E-state index in [2.05, 4.69) is 51.4 Å². The van der Waals surface area contributed by atoms with Crippen LogP contribution in [-0.2, 0) is 20.1 Å². The van der Waals surface area contributed by atoms with Gasteiger partial charge in [-0.3, -0.25) is 14.7 Å². The summed E-state index contributed by atoms with van der Waals surface area (Å²) < 4.78 is 16.1. The largest absolute Gasteiger partial charge is 0.476 e. The Morgan fingerprint density at radius 1 is 1.22 bits per heavy atom. The van der Waals surface area contributed by atoms with Gasteiger partial charge in [-0.05, 0) is 50.2 Å². The normalized spacial score (nSPS) is 17.3. The van der Waals surface area contributed by atoms with E-state index in [9.17, 15) is 5.11 Å². The topological polar surface area (TPSA) is 106 Å². The van der Waals surface area contributed by atoms with Crippen LogP contribution in [0, 0.1) is 0 Å². The second kappa shape index (κ2) is 10.2. The molecule has 0 radical (unpaired) electrons. The maximum Gasteiger partial charge on any atom is 0.240 e. The summed E-state index contributed by atoms with van der Waals surface area (Å²) >= 11 is 0. The molecule has 1 aliphatic heterocycles. The van der Waals surface area contributed by atoms with Crippen LogP contribution in [0.15, 0.2) is 24.4 Å². The zero-order valence-electron chi connectivity index (χ0n) is 21.2. The molecule has 2 N–H and O–H groups in total. The number of nitrogens with one attached hydrogen (secondary N) is 1. The SMILES string of the molecule is CCOc1nn(CCO)c2c1/C=C/c1[nH]nc3ccc(cc13)-c1cnn(C)c1O[C@@H](CC)CN(C)C2. The van der Waals surface area contributed by atoms with Crippen LogP contribution in [0.25, 0.3) is 34.2 Å². The standard InChI is InChI=1S/C26H33N7O3/c1-5-18-15-31(3)16-24-19(25(35-6-2)30-33(24)11-12-34)8-10-23-20-13-17(7-9-22(20)28-29-23)21-14-27-32(4)26(21)36-18/h7-10,13-14,18,34H,5-6,11-12,15-16H2,1-4H3,(H,28,29)/b10-8+/t18-/m0/s1. The quantitative estimate of drug-likeness (QED) is 0.441. The Labute approximate surface area is 210 Å². The maximum atomic E-state index is 9.69. The van der Waals surface area contributed by atoms with Gasteiger partial charge in [0.1, 0.15) is 6.10 Å². The van der Waals surface area contributed by atoms with Gasteiger partial charge >= 0.3 is 0 Å². The summed E-state index contributed by atoms with van der Waals surface area (Å²) in [5.41, 5.74) is 5.60. The average molecular weight is 492 g/mol. The Balaban J connectivity index is 1.69. The molecule has 0 aliphatic carbocycles. The minimum absolute atomic E-state index is 0.00889. The van der Waals surface area contributed by atoms with Gasteiger partial charge in [-0.25, -0.2) is 4.68 Å². The van der Waals surface area contributed by atoms with Gasteiger partial charge in [0.15, 0.2) is 0 Å². The number of aryl methyl sites for hydroxylation is 1. The smallest absolute Gasteiger partial charge is 0.240 e. The molecule has 10 nitrogen and oxygen atoms in total. The Hall–Kier alpha value is -3.63. The molecule has 0 amide bonds. The second-order valence-corrected chi connectivity index (χ2v) is 9.08. The van der Waals surface area contributed by atoms with E-state index in [1.807, 2.05) is 43.1 Å². The number of aromatic amines is 1. The number of nitrogens with zero attached hydrogens (tertiary/aromatic N) is 6. The van der Waals surface area contributed by atoms with E-state index in [1.54, 1.807) is 4.68 Å². The zero-order valence-corrected chi connectivity index (χ0v) is 21.2. The van der Waals surface area contributed by atoms with Crippen LogP contribution in [0.4, 0.5) is 0 Å². The summed E-state index contributed by atoms with van der Waals surface area (Å²) in [6.45, 7) is 6.28. The Morgan fingerprint density at radius 3 is 2.86 bits per heavy atom. The highest BCUT2D eigenvalue weighted by atomic mass is 16.5. The maximum absolute atomic E-state index is 9.69. The van der Waals surface area contributed by atoms with Crippen molar-refractivity contribution in [3.63, 3.8) is 0 Å². The average Bonchev–Trinajstić information content (AvgIpc) is 3.53. The molecular weight excluding hydrogens is 458 g/mol. The van der Waals surface area contributed by atoms with Crippen LogP contribution in [0.2, 0.25) is 0 Å². The molecule has 10 heteroatoms. The number of aliphatic hydroxyl groups is 1. The van der Waals surface area contributed by atoms with Crippen molar-refractivity contribution in [3.8, 4) is 22.9 Å². The number of H-pyrrole nitrogens is 1. The van der Waals surface area contributed by atoms with Crippen molar-refractivity contribution >= 4 is 23.1 Å². The minimum atomic E-state index is -0.0398. The van der Waals surface area contributed by atoms with E-state index in [0.29, 0.717) is 32.1 Å². The molecule has 1 aliphatic rings. The van der Waals surface area contributed by atoms with E-state index in [-0.39, 0.29) is 12.7 Å². The van der Waals surface area contributed by atoms with Crippen molar-refractivity contribution in [2.45, 2.75) is 39.5 Å². The summed E-state index contributed by atoms with van der Waals surface area (Å²) in [4.78, 5) is 2.22. The summed E-state index contributed by atoms with van der Waals surface area (Å²) in [6.07, 6.45) is 6.70. The lowest BCUT2D eigenvalue weighted by atomic mass is 10.1. The summed E-state index contributed by atoms with van der Waals surface area (Å²) in [6, 6.07) is 6.18. The zero-order chi connectivity index (χ0) is 25.2. The summed E-state index contributed by atoms with van der Waals surface area (Å²) in [5.74, 6) is 1.30. The Morgan fingerprint density at radius 2 is 2.08 bits per heavy atom. The van der Waals surface area contributed by atoms with Crippen LogP contribution in [0.5, 0.6) is 11.8 Å².